The van der Waals surface area contributed by atoms with Gasteiger partial charge >= 0.3 is 0 Å². The summed E-state index contributed by atoms with van der Waals surface area (Å²) in [5, 5.41) is 7.46. The Labute approximate surface area is 351 Å². The van der Waals surface area contributed by atoms with Crippen LogP contribution in [0.2, 0.25) is 0 Å². The van der Waals surface area contributed by atoms with E-state index in [-0.39, 0.29) is 0 Å². The van der Waals surface area contributed by atoms with Crippen LogP contribution < -0.4 is 0 Å². The third kappa shape index (κ3) is 6.27. The topological polar surface area (TPSA) is 0 Å². The molecule has 0 nitrogen and oxygen atoms in total. The van der Waals surface area contributed by atoms with Gasteiger partial charge in [-0.3, -0.25) is 0 Å². The minimum Gasteiger partial charge on any atom is -0.0622 e. The van der Waals surface area contributed by atoms with Crippen molar-refractivity contribution in [3.63, 3.8) is 0 Å². The van der Waals surface area contributed by atoms with Crippen LogP contribution >= 0.6 is 0 Å². The molecule has 0 aliphatic carbocycles. The number of fused-ring (bicyclic) bond motifs is 3. The molecule has 0 amide bonds. The van der Waals surface area contributed by atoms with Crippen LogP contribution in [0.5, 0.6) is 0 Å². The third-order valence-corrected chi connectivity index (χ3v) is 12.1. The monoisotopic (exact) mass is 760 g/mol. The van der Waals surface area contributed by atoms with E-state index in [9.17, 15) is 0 Å². The lowest BCUT2D eigenvalue weighted by molar-refractivity contribution is 1.57. The highest BCUT2D eigenvalue weighted by molar-refractivity contribution is 6.22. The van der Waals surface area contributed by atoms with E-state index in [0.29, 0.717) is 0 Å². The van der Waals surface area contributed by atoms with Crippen LogP contribution in [-0.4, -0.2) is 0 Å². The molecule has 0 saturated heterocycles. The molecule has 11 aromatic rings. The summed E-state index contributed by atoms with van der Waals surface area (Å²) in [6, 6.07) is 88.8. The molecule has 11 rings (SSSR count). The largest absolute Gasteiger partial charge is 0.0622 e. The molecule has 0 radical (unpaired) electrons. The van der Waals surface area contributed by atoms with Gasteiger partial charge in [-0.2, -0.15) is 0 Å². The molecule has 0 N–H and O–H groups in total. The summed E-state index contributed by atoms with van der Waals surface area (Å²) < 4.78 is 0. The molecule has 0 heteroatoms. The minimum absolute atomic E-state index is 1.19. The van der Waals surface area contributed by atoms with Crippen molar-refractivity contribution in [3.05, 3.63) is 243 Å². The van der Waals surface area contributed by atoms with Gasteiger partial charge in [-0.05, 0) is 122 Å². The van der Waals surface area contributed by atoms with Gasteiger partial charge in [0.15, 0.2) is 0 Å². The number of benzene rings is 11. The van der Waals surface area contributed by atoms with Crippen molar-refractivity contribution >= 4 is 32.3 Å². The molecule has 0 saturated carbocycles. The van der Waals surface area contributed by atoms with Crippen molar-refractivity contribution in [1.82, 2.24) is 0 Å². The smallest absolute Gasteiger partial charge is 0.00261 e. The molecule has 0 aromatic heterocycles. The van der Waals surface area contributed by atoms with E-state index in [4.69, 9.17) is 0 Å². The quantitative estimate of drug-likeness (QED) is 0.142. The Morgan fingerprint density at radius 1 is 0.167 bits per heavy atom. The lowest BCUT2D eigenvalue weighted by atomic mass is 9.83. The van der Waals surface area contributed by atoms with Crippen molar-refractivity contribution < 1.29 is 0 Å². The lowest BCUT2D eigenvalue weighted by Gasteiger charge is -2.20. The van der Waals surface area contributed by atoms with Gasteiger partial charge in [0.1, 0.15) is 0 Å². The first-order chi connectivity index (χ1) is 29.8. The first-order valence-corrected chi connectivity index (χ1v) is 20.8. The number of hydrogen-bond donors (Lipinski definition) is 0. The van der Waals surface area contributed by atoms with Crippen LogP contribution in [0.25, 0.3) is 110 Å². The van der Waals surface area contributed by atoms with Crippen molar-refractivity contribution in [1.29, 1.82) is 0 Å². The first kappa shape index (κ1) is 35.4. The molecule has 11 aromatic carbocycles. The molecule has 0 atom stereocenters. The third-order valence-electron chi connectivity index (χ3n) is 12.1. The van der Waals surface area contributed by atoms with Crippen molar-refractivity contribution in [2.75, 3.05) is 0 Å². The van der Waals surface area contributed by atoms with E-state index in [0.717, 1.165) is 0 Å². The Hall–Kier alpha value is -7.80. The number of hydrogen-bond acceptors (Lipinski definition) is 0. The Morgan fingerprint density at radius 3 is 1.18 bits per heavy atom. The van der Waals surface area contributed by atoms with Crippen LogP contribution in [0.15, 0.2) is 243 Å². The summed E-state index contributed by atoms with van der Waals surface area (Å²) in [6.45, 7) is 0. The minimum atomic E-state index is 1.19. The molecule has 0 unspecified atom stereocenters. The van der Waals surface area contributed by atoms with Gasteiger partial charge in [0.25, 0.3) is 0 Å². The van der Waals surface area contributed by atoms with Crippen LogP contribution in [0.4, 0.5) is 0 Å². The summed E-state index contributed by atoms with van der Waals surface area (Å²) >= 11 is 0. The van der Waals surface area contributed by atoms with Crippen molar-refractivity contribution in [2.24, 2.45) is 0 Å². The predicted molar refractivity (Wildman–Crippen MR) is 257 cm³/mol. The van der Waals surface area contributed by atoms with E-state index in [1.165, 1.54) is 110 Å². The molecular weight excluding hydrogens is 721 g/mol. The number of rotatable bonds is 7. The van der Waals surface area contributed by atoms with Gasteiger partial charge in [-0.15, -0.1) is 0 Å². The van der Waals surface area contributed by atoms with Crippen LogP contribution in [0.3, 0.4) is 0 Å². The summed E-state index contributed by atoms with van der Waals surface area (Å²) in [7, 11) is 0. The average molecular weight is 761 g/mol. The summed E-state index contributed by atoms with van der Waals surface area (Å²) in [6.07, 6.45) is 0. The molecule has 60 heavy (non-hydrogen) atoms. The Balaban J connectivity index is 1.17. The maximum absolute atomic E-state index is 2.46. The van der Waals surface area contributed by atoms with E-state index >= 15 is 0 Å². The highest BCUT2D eigenvalue weighted by Gasteiger charge is 2.20. The Bertz CT molecular complexity index is 3270. The zero-order valence-corrected chi connectivity index (χ0v) is 33.1. The molecule has 0 spiro atoms. The van der Waals surface area contributed by atoms with E-state index < -0.39 is 0 Å². The normalized spacial score (nSPS) is 11.3. The van der Waals surface area contributed by atoms with Crippen LogP contribution in [0, 0.1) is 0 Å². The molecule has 0 fully saturated rings. The first-order valence-electron chi connectivity index (χ1n) is 20.8. The van der Waals surface area contributed by atoms with Gasteiger partial charge in [0, 0.05) is 0 Å². The molecule has 0 aliphatic heterocycles. The zero-order chi connectivity index (χ0) is 39.8. The fraction of sp³-hybridized carbons (Fsp3) is 0. The predicted octanol–water partition coefficient (Wildman–Crippen LogP) is 16.8. The second-order valence-corrected chi connectivity index (χ2v) is 15.6. The molecule has 0 bridgehead atoms. The SMILES string of the molecule is c1ccc(-c2ccc(-c3cccc(-c4c(-c5ccccc5-c5ccccc5)ccc5ccc(-c6c7ccccc7c(-c7ccccc7)c7ccccc67)cc45)c3)cc2)cc1. The van der Waals surface area contributed by atoms with Gasteiger partial charge in [-0.25, -0.2) is 0 Å². The highest BCUT2D eigenvalue weighted by atomic mass is 14.2. The average Bonchev–Trinajstić information content (AvgIpc) is 3.33. The molecule has 0 aliphatic rings. The van der Waals surface area contributed by atoms with Gasteiger partial charge in [0.2, 0.25) is 0 Å². The maximum atomic E-state index is 2.46. The second-order valence-electron chi connectivity index (χ2n) is 15.6. The maximum Gasteiger partial charge on any atom is -0.00261 e. The molecule has 0 heterocycles. The lowest BCUT2D eigenvalue weighted by Crippen LogP contribution is -1.93. The van der Waals surface area contributed by atoms with Crippen molar-refractivity contribution in [3.8, 4) is 77.9 Å². The molecular formula is C60H40. The summed E-state index contributed by atoms with van der Waals surface area (Å²) in [4.78, 5) is 0. The second kappa shape index (κ2) is 15.2. The highest BCUT2D eigenvalue weighted by Crippen LogP contribution is 2.47. The van der Waals surface area contributed by atoms with E-state index in [1.54, 1.807) is 0 Å². The van der Waals surface area contributed by atoms with Crippen LogP contribution in [-0.2, 0) is 0 Å². The fourth-order valence-electron chi connectivity index (χ4n) is 9.29. The fourth-order valence-corrected chi connectivity index (χ4v) is 9.29. The summed E-state index contributed by atoms with van der Waals surface area (Å²) in [5.41, 5.74) is 17.1. The summed E-state index contributed by atoms with van der Waals surface area (Å²) in [5.74, 6) is 0. The molecule has 280 valence electrons. The standard InChI is InChI=1S/C60H40/c1-4-17-41(18-5-1)42-31-33-43(34-32-42)47-23-16-24-48(39-47)60-56(51-26-11-10-25-50(51)44-19-6-2-7-20-44)38-37-45-35-36-49(40-57(45)60)59-54-29-14-12-27-52(54)58(46-21-8-3-9-22-46)53-28-13-15-30-55(53)59/h1-40H. The van der Waals surface area contributed by atoms with Gasteiger partial charge in [-0.1, -0.05) is 231 Å². The van der Waals surface area contributed by atoms with E-state index in [1.807, 2.05) is 0 Å². The van der Waals surface area contributed by atoms with Gasteiger partial charge in [0.05, 0.1) is 0 Å². The van der Waals surface area contributed by atoms with Crippen molar-refractivity contribution in [2.45, 2.75) is 0 Å². The zero-order valence-electron chi connectivity index (χ0n) is 33.1. The van der Waals surface area contributed by atoms with Crippen LogP contribution in [0.1, 0.15) is 0 Å². The Morgan fingerprint density at radius 2 is 0.567 bits per heavy atom. The Kier molecular flexibility index (Phi) is 8.95. The van der Waals surface area contributed by atoms with Gasteiger partial charge < -0.3 is 0 Å². The van der Waals surface area contributed by atoms with E-state index in [2.05, 4.69) is 243 Å².